The molecule has 2 aromatic rings. The van der Waals surface area contributed by atoms with E-state index in [4.69, 9.17) is 5.73 Å². The number of benzene rings is 1. The molecule has 1 aromatic carbocycles. The minimum Gasteiger partial charge on any atom is -0.320 e. The molecular weight excluding hydrogens is 244 g/mol. The molecule has 3 N–H and O–H groups in total. The number of thiophene rings is 1. The van der Waals surface area contributed by atoms with Gasteiger partial charge in [0.25, 0.3) is 5.91 Å². The van der Waals surface area contributed by atoms with Crippen molar-refractivity contribution in [2.24, 2.45) is 5.73 Å². The van der Waals surface area contributed by atoms with Gasteiger partial charge in [-0.15, -0.1) is 11.3 Å². The molecule has 0 fully saturated rings. The highest BCUT2D eigenvalue weighted by molar-refractivity contribution is 7.12. The molecule has 0 aliphatic rings. The summed E-state index contributed by atoms with van der Waals surface area (Å²) in [5.74, 6) is 5.60. The molecular formula is C14H12N2OS. The predicted octanol–water partition coefficient (Wildman–Crippen LogP) is 2.31. The van der Waals surface area contributed by atoms with Crippen LogP contribution in [0.1, 0.15) is 15.2 Å². The molecule has 0 saturated carbocycles. The van der Waals surface area contributed by atoms with Crippen molar-refractivity contribution in [1.29, 1.82) is 0 Å². The van der Waals surface area contributed by atoms with Gasteiger partial charge in [0.15, 0.2) is 0 Å². The Balaban J connectivity index is 2.21. The number of rotatable bonds is 2. The quantitative estimate of drug-likeness (QED) is 0.810. The average molecular weight is 256 g/mol. The highest BCUT2D eigenvalue weighted by Gasteiger charge is 2.08. The molecule has 1 amide bonds. The van der Waals surface area contributed by atoms with Crippen LogP contribution in [-0.4, -0.2) is 12.5 Å². The van der Waals surface area contributed by atoms with Crippen molar-refractivity contribution in [3.63, 3.8) is 0 Å². The first-order valence-corrected chi connectivity index (χ1v) is 6.32. The van der Waals surface area contributed by atoms with Gasteiger partial charge in [0.05, 0.1) is 17.1 Å². The third kappa shape index (κ3) is 2.98. The summed E-state index contributed by atoms with van der Waals surface area (Å²) in [4.78, 5) is 12.6. The number of anilines is 1. The highest BCUT2D eigenvalue weighted by atomic mass is 32.1. The van der Waals surface area contributed by atoms with Gasteiger partial charge in [0.1, 0.15) is 0 Å². The van der Waals surface area contributed by atoms with E-state index in [0.29, 0.717) is 17.1 Å². The summed E-state index contributed by atoms with van der Waals surface area (Å²) in [5, 5.41) is 4.72. The Bertz CT molecular complexity index is 594. The molecule has 0 radical (unpaired) electrons. The number of hydrogen-bond acceptors (Lipinski definition) is 3. The SMILES string of the molecule is NCC#Cc1ccccc1NC(=O)c1cccs1. The van der Waals surface area contributed by atoms with Crippen molar-refractivity contribution >= 4 is 22.9 Å². The van der Waals surface area contributed by atoms with Crippen molar-refractivity contribution in [2.45, 2.75) is 0 Å². The van der Waals surface area contributed by atoms with Crippen LogP contribution < -0.4 is 11.1 Å². The van der Waals surface area contributed by atoms with Crippen LogP contribution in [0.4, 0.5) is 5.69 Å². The summed E-state index contributed by atoms with van der Waals surface area (Å²) in [7, 11) is 0. The van der Waals surface area contributed by atoms with Crippen LogP contribution in [0, 0.1) is 11.8 Å². The number of nitrogens with two attached hydrogens (primary N) is 1. The van der Waals surface area contributed by atoms with Crippen LogP contribution in [-0.2, 0) is 0 Å². The molecule has 2 rings (SSSR count). The molecule has 0 spiro atoms. The topological polar surface area (TPSA) is 55.1 Å². The third-order valence-corrected chi connectivity index (χ3v) is 3.11. The van der Waals surface area contributed by atoms with Crippen LogP contribution in [0.2, 0.25) is 0 Å². The van der Waals surface area contributed by atoms with E-state index in [2.05, 4.69) is 17.2 Å². The van der Waals surface area contributed by atoms with Gasteiger partial charge >= 0.3 is 0 Å². The second-order valence-corrected chi connectivity index (χ2v) is 4.43. The lowest BCUT2D eigenvalue weighted by atomic mass is 10.2. The van der Waals surface area contributed by atoms with E-state index in [1.165, 1.54) is 11.3 Å². The third-order valence-electron chi connectivity index (χ3n) is 2.25. The fourth-order valence-corrected chi connectivity index (χ4v) is 2.06. The van der Waals surface area contributed by atoms with Crippen molar-refractivity contribution in [2.75, 3.05) is 11.9 Å². The van der Waals surface area contributed by atoms with E-state index < -0.39 is 0 Å². The molecule has 3 nitrogen and oxygen atoms in total. The van der Waals surface area contributed by atoms with E-state index in [1.54, 1.807) is 6.07 Å². The highest BCUT2D eigenvalue weighted by Crippen LogP contribution is 2.16. The molecule has 0 bridgehead atoms. The van der Waals surface area contributed by atoms with Crippen LogP contribution >= 0.6 is 11.3 Å². The zero-order chi connectivity index (χ0) is 12.8. The van der Waals surface area contributed by atoms with Crippen molar-refractivity contribution < 1.29 is 4.79 Å². The molecule has 1 aromatic heterocycles. The first kappa shape index (κ1) is 12.4. The first-order valence-electron chi connectivity index (χ1n) is 5.44. The van der Waals surface area contributed by atoms with Crippen LogP contribution in [0.5, 0.6) is 0 Å². The summed E-state index contributed by atoms with van der Waals surface area (Å²) in [6, 6.07) is 11.0. The number of para-hydroxylation sites is 1. The largest absolute Gasteiger partial charge is 0.320 e. The lowest BCUT2D eigenvalue weighted by molar-refractivity contribution is 0.103. The van der Waals surface area contributed by atoms with Crippen molar-refractivity contribution in [3.8, 4) is 11.8 Å². The molecule has 90 valence electrons. The van der Waals surface area contributed by atoms with E-state index in [1.807, 2.05) is 35.7 Å². The Hall–Kier alpha value is -2.09. The molecule has 0 saturated heterocycles. The standard InChI is InChI=1S/C14H12N2OS/c15-9-3-6-11-5-1-2-7-12(11)16-14(17)13-8-4-10-18-13/h1-2,4-5,7-8,10H,9,15H2,(H,16,17). The summed E-state index contributed by atoms with van der Waals surface area (Å²) in [5.41, 5.74) is 6.82. The summed E-state index contributed by atoms with van der Waals surface area (Å²) in [6.07, 6.45) is 0. The van der Waals surface area contributed by atoms with E-state index >= 15 is 0 Å². The maximum Gasteiger partial charge on any atom is 0.265 e. The summed E-state index contributed by atoms with van der Waals surface area (Å²) >= 11 is 1.41. The predicted molar refractivity (Wildman–Crippen MR) is 74.6 cm³/mol. The van der Waals surface area contributed by atoms with E-state index in [0.717, 1.165) is 5.56 Å². The van der Waals surface area contributed by atoms with Crippen molar-refractivity contribution in [1.82, 2.24) is 0 Å². The van der Waals surface area contributed by atoms with Gasteiger partial charge in [-0.2, -0.15) is 0 Å². The zero-order valence-electron chi connectivity index (χ0n) is 9.64. The van der Waals surface area contributed by atoms with Gasteiger partial charge in [0, 0.05) is 5.56 Å². The fraction of sp³-hybridized carbons (Fsp3) is 0.0714. The Morgan fingerprint density at radius 1 is 1.28 bits per heavy atom. The lowest BCUT2D eigenvalue weighted by Crippen LogP contribution is -2.11. The van der Waals surface area contributed by atoms with Gasteiger partial charge in [-0.05, 0) is 23.6 Å². The molecule has 1 heterocycles. The minimum absolute atomic E-state index is 0.119. The van der Waals surface area contributed by atoms with Gasteiger partial charge < -0.3 is 11.1 Å². The van der Waals surface area contributed by atoms with Crippen LogP contribution in [0.3, 0.4) is 0 Å². The monoisotopic (exact) mass is 256 g/mol. The second-order valence-electron chi connectivity index (χ2n) is 3.48. The number of nitrogens with one attached hydrogen (secondary N) is 1. The Labute approximate surface area is 110 Å². The van der Waals surface area contributed by atoms with Gasteiger partial charge in [-0.3, -0.25) is 4.79 Å². The number of hydrogen-bond donors (Lipinski definition) is 2. The number of carbonyl (C=O) groups excluding carboxylic acids is 1. The second kappa shape index (κ2) is 6.01. The lowest BCUT2D eigenvalue weighted by Gasteiger charge is -2.05. The van der Waals surface area contributed by atoms with Gasteiger partial charge in [-0.1, -0.05) is 30.0 Å². The Kier molecular flexibility index (Phi) is 4.13. The molecule has 4 heteroatoms. The van der Waals surface area contributed by atoms with Crippen LogP contribution in [0.15, 0.2) is 41.8 Å². The van der Waals surface area contributed by atoms with Crippen molar-refractivity contribution in [3.05, 3.63) is 52.2 Å². The number of carbonyl (C=O) groups is 1. The molecule has 0 aliphatic heterocycles. The summed E-state index contributed by atoms with van der Waals surface area (Å²) in [6.45, 7) is 0.299. The molecule has 0 unspecified atom stereocenters. The van der Waals surface area contributed by atoms with E-state index in [9.17, 15) is 4.79 Å². The molecule has 0 aliphatic carbocycles. The van der Waals surface area contributed by atoms with Crippen LogP contribution in [0.25, 0.3) is 0 Å². The summed E-state index contributed by atoms with van der Waals surface area (Å²) < 4.78 is 0. The Morgan fingerprint density at radius 2 is 2.11 bits per heavy atom. The maximum absolute atomic E-state index is 11.9. The normalized spacial score (nSPS) is 9.39. The van der Waals surface area contributed by atoms with Gasteiger partial charge in [0.2, 0.25) is 0 Å². The average Bonchev–Trinajstić information content (AvgIpc) is 2.91. The minimum atomic E-state index is -0.119. The zero-order valence-corrected chi connectivity index (χ0v) is 10.5. The molecule has 18 heavy (non-hydrogen) atoms. The molecule has 0 atom stereocenters. The smallest absolute Gasteiger partial charge is 0.265 e. The first-order chi connectivity index (χ1) is 8.81. The fourth-order valence-electron chi connectivity index (χ4n) is 1.44. The maximum atomic E-state index is 11.9. The van der Waals surface area contributed by atoms with Gasteiger partial charge in [-0.25, -0.2) is 0 Å². The van der Waals surface area contributed by atoms with E-state index in [-0.39, 0.29) is 5.91 Å². The Morgan fingerprint density at radius 3 is 2.83 bits per heavy atom. The number of amides is 1.